The van der Waals surface area contributed by atoms with Crippen LogP contribution in [0.15, 0.2) is 40.9 Å². The Labute approximate surface area is 192 Å². The van der Waals surface area contributed by atoms with E-state index < -0.39 is 0 Å². The number of piperidine rings is 1. The van der Waals surface area contributed by atoms with Crippen LogP contribution >= 0.6 is 23.1 Å². The van der Waals surface area contributed by atoms with Crippen molar-refractivity contribution >= 4 is 29.0 Å². The van der Waals surface area contributed by atoms with Crippen molar-refractivity contribution < 1.29 is 4.74 Å². The van der Waals surface area contributed by atoms with Crippen molar-refractivity contribution in [1.82, 2.24) is 19.7 Å². The average molecular weight is 456 g/mol. The van der Waals surface area contributed by atoms with Crippen LogP contribution in [0, 0.1) is 5.92 Å². The van der Waals surface area contributed by atoms with Crippen LogP contribution in [0.2, 0.25) is 0 Å². The van der Waals surface area contributed by atoms with Crippen LogP contribution in [0.1, 0.15) is 38.3 Å². The highest BCUT2D eigenvalue weighted by Gasteiger charge is 2.26. The van der Waals surface area contributed by atoms with E-state index >= 15 is 0 Å². The lowest BCUT2D eigenvalue weighted by Crippen LogP contribution is -2.35. The van der Waals surface area contributed by atoms with Gasteiger partial charge in [0.25, 0.3) is 0 Å². The Morgan fingerprint density at radius 3 is 2.74 bits per heavy atom. The van der Waals surface area contributed by atoms with Crippen molar-refractivity contribution in [3.8, 4) is 10.6 Å². The van der Waals surface area contributed by atoms with Gasteiger partial charge in [0.2, 0.25) is 5.95 Å². The van der Waals surface area contributed by atoms with Gasteiger partial charge in [0, 0.05) is 36.4 Å². The zero-order chi connectivity index (χ0) is 21.0. The first-order valence-electron chi connectivity index (χ1n) is 11.2. The smallest absolute Gasteiger partial charge is 0.228 e. The zero-order valence-corrected chi connectivity index (χ0v) is 19.6. The van der Waals surface area contributed by atoms with Gasteiger partial charge in [0.1, 0.15) is 5.01 Å². The molecular weight excluding hydrogens is 426 g/mol. The Balaban J connectivity index is 1.31. The molecule has 6 nitrogen and oxygen atoms in total. The largest absolute Gasteiger partial charge is 0.376 e. The molecule has 3 aromatic rings. The Kier molecular flexibility index (Phi) is 6.57. The third-order valence-electron chi connectivity index (χ3n) is 6.10. The summed E-state index contributed by atoms with van der Waals surface area (Å²) in [5, 5.41) is 13.4. The molecule has 0 saturated carbocycles. The van der Waals surface area contributed by atoms with Gasteiger partial charge in [-0.05, 0) is 31.6 Å². The number of hydrogen-bond acceptors (Lipinski definition) is 7. The Morgan fingerprint density at radius 2 is 1.97 bits per heavy atom. The molecule has 5 rings (SSSR count). The molecule has 2 saturated heterocycles. The monoisotopic (exact) mass is 455 g/mol. The fourth-order valence-corrected chi connectivity index (χ4v) is 5.97. The third kappa shape index (κ3) is 4.96. The van der Waals surface area contributed by atoms with Gasteiger partial charge in [-0.25, -0.2) is 4.98 Å². The Bertz CT molecular complexity index is 975. The maximum absolute atomic E-state index is 5.94. The summed E-state index contributed by atoms with van der Waals surface area (Å²) < 4.78 is 8.23. The molecule has 8 heteroatoms. The van der Waals surface area contributed by atoms with E-state index in [-0.39, 0.29) is 6.10 Å². The lowest BCUT2D eigenvalue weighted by molar-refractivity contribution is 0.0951. The van der Waals surface area contributed by atoms with Crippen molar-refractivity contribution in [1.29, 1.82) is 0 Å². The number of aromatic nitrogens is 4. The molecule has 31 heavy (non-hydrogen) atoms. The topological polar surface area (TPSA) is 56.1 Å². The molecule has 0 radical (unpaired) electrons. The van der Waals surface area contributed by atoms with Crippen molar-refractivity contribution in [2.24, 2.45) is 5.92 Å². The van der Waals surface area contributed by atoms with Crippen LogP contribution < -0.4 is 4.90 Å². The van der Waals surface area contributed by atoms with E-state index in [1.165, 1.54) is 18.4 Å². The molecule has 2 fully saturated rings. The van der Waals surface area contributed by atoms with Crippen molar-refractivity contribution in [2.45, 2.75) is 56.2 Å². The summed E-state index contributed by atoms with van der Waals surface area (Å²) in [4.78, 5) is 7.24. The fourth-order valence-electron chi connectivity index (χ4n) is 4.21. The van der Waals surface area contributed by atoms with Gasteiger partial charge in [-0.2, -0.15) is 0 Å². The molecule has 2 aromatic heterocycles. The van der Waals surface area contributed by atoms with Crippen molar-refractivity contribution in [3.05, 3.63) is 41.4 Å². The summed E-state index contributed by atoms with van der Waals surface area (Å²) in [5.74, 6) is 2.60. The molecule has 0 amide bonds. The van der Waals surface area contributed by atoms with Gasteiger partial charge in [-0.3, -0.25) is 4.57 Å². The second-order valence-electron chi connectivity index (χ2n) is 8.50. The summed E-state index contributed by atoms with van der Waals surface area (Å²) in [6, 6.07) is 10.4. The highest BCUT2D eigenvalue weighted by Crippen LogP contribution is 2.31. The quantitative estimate of drug-likeness (QED) is 0.462. The van der Waals surface area contributed by atoms with Crippen LogP contribution in [0.25, 0.3) is 10.6 Å². The molecule has 1 atom stereocenters. The Hall–Kier alpha value is -1.90. The molecule has 164 valence electrons. The van der Waals surface area contributed by atoms with Gasteiger partial charge in [0.05, 0.1) is 18.3 Å². The van der Waals surface area contributed by atoms with Crippen LogP contribution in [0.5, 0.6) is 0 Å². The number of nitrogens with zero attached hydrogens (tertiary/aromatic N) is 5. The highest BCUT2D eigenvalue weighted by molar-refractivity contribution is 7.98. The second-order valence-corrected chi connectivity index (χ2v) is 10.3. The van der Waals surface area contributed by atoms with Gasteiger partial charge >= 0.3 is 0 Å². The Morgan fingerprint density at radius 1 is 1.13 bits per heavy atom. The first-order chi connectivity index (χ1) is 15.3. The molecule has 4 heterocycles. The molecule has 0 aliphatic carbocycles. The maximum atomic E-state index is 5.94. The molecule has 2 aliphatic rings. The fraction of sp³-hybridized carbons (Fsp3) is 0.522. The van der Waals surface area contributed by atoms with Crippen LogP contribution in [0.3, 0.4) is 0 Å². The standard InChI is InChI=1S/C23H29N5OS2/c1-17-9-11-27(12-10-17)22-25-26-23(28(22)14-20-8-5-13-29-20)31-16-19-15-30-21(24-19)18-6-3-2-4-7-18/h2-4,6-7,15,17,20H,5,8-14,16H2,1H3. The van der Waals surface area contributed by atoms with Crippen molar-refractivity contribution in [3.63, 3.8) is 0 Å². The lowest BCUT2D eigenvalue weighted by atomic mass is 10.00. The molecule has 2 aliphatic heterocycles. The zero-order valence-electron chi connectivity index (χ0n) is 17.9. The van der Waals surface area contributed by atoms with E-state index in [0.29, 0.717) is 0 Å². The van der Waals surface area contributed by atoms with Crippen LogP contribution in [0.4, 0.5) is 5.95 Å². The number of thiazole rings is 1. The van der Waals surface area contributed by atoms with E-state index in [4.69, 9.17) is 9.72 Å². The third-order valence-corrected chi connectivity index (χ3v) is 8.04. The molecule has 1 unspecified atom stereocenters. The van der Waals surface area contributed by atoms with E-state index in [1.807, 2.05) is 6.07 Å². The van der Waals surface area contributed by atoms with E-state index in [9.17, 15) is 0 Å². The number of anilines is 1. The molecule has 0 N–H and O–H groups in total. The summed E-state index contributed by atoms with van der Waals surface area (Å²) >= 11 is 3.43. The summed E-state index contributed by atoms with van der Waals surface area (Å²) in [7, 11) is 0. The SMILES string of the molecule is CC1CCN(c2nnc(SCc3csc(-c4ccccc4)n3)n2CC2CCCO2)CC1. The summed E-state index contributed by atoms with van der Waals surface area (Å²) in [6.45, 7) is 6.16. The van der Waals surface area contributed by atoms with Crippen LogP contribution in [-0.4, -0.2) is 45.5 Å². The number of thioether (sulfide) groups is 1. The molecule has 0 spiro atoms. The molecule has 0 bridgehead atoms. The minimum atomic E-state index is 0.266. The summed E-state index contributed by atoms with van der Waals surface area (Å²) in [5.41, 5.74) is 2.26. The van der Waals surface area contributed by atoms with Gasteiger partial charge in [0.15, 0.2) is 5.16 Å². The van der Waals surface area contributed by atoms with Gasteiger partial charge < -0.3 is 9.64 Å². The van der Waals surface area contributed by atoms with Crippen LogP contribution in [-0.2, 0) is 17.0 Å². The summed E-state index contributed by atoms with van der Waals surface area (Å²) in [6.07, 6.45) is 4.96. The van der Waals surface area contributed by atoms with E-state index in [0.717, 1.165) is 72.6 Å². The highest BCUT2D eigenvalue weighted by atomic mass is 32.2. The number of hydrogen-bond donors (Lipinski definition) is 0. The maximum Gasteiger partial charge on any atom is 0.228 e. The second kappa shape index (κ2) is 9.71. The van der Waals surface area contributed by atoms with Gasteiger partial charge in [-0.15, -0.1) is 21.5 Å². The lowest BCUT2D eigenvalue weighted by Gasteiger charge is -2.31. The minimum Gasteiger partial charge on any atom is -0.376 e. The van der Waals surface area contributed by atoms with Crippen molar-refractivity contribution in [2.75, 3.05) is 24.6 Å². The van der Waals surface area contributed by atoms with Gasteiger partial charge in [-0.1, -0.05) is 49.0 Å². The average Bonchev–Trinajstić information content (AvgIpc) is 3.56. The minimum absolute atomic E-state index is 0.266. The first-order valence-corrected chi connectivity index (χ1v) is 13.0. The first kappa shape index (κ1) is 21.0. The number of ether oxygens (including phenoxy) is 1. The molecular formula is C23H29N5OS2. The predicted molar refractivity (Wildman–Crippen MR) is 127 cm³/mol. The normalized spacial score (nSPS) is 19.9. The number of benzene rings is 1. The number of rotatable bonds is 7. The molecule has 1 aromatic carbocycles. The van der Waals surface area contributed by atoms with E-state index in [1.54, 1.807) is 23.1 Å². The van der Waals surface area contributed by atoms with E-state index in [2.05, 4.69) is 56.2 Å². The predicted octanol–water partition coefficient (Wildman–Crippen LogP) is 5.11.